The highest BCUT2D eigenvalue weighted by atomic mass is 16.5. The van der Waals surface area contributed by atoms with Gasteiger partial charge < -0.3 is 20.1 Å². The Morgan fingerprint density at radius 2 is 1.77 bits per heavy atom. The number of esters is 1. The van der Waals surface area contributed by atoms with E-state index in [4.69, 9.17) is 15.3 Å². The van der Waals surface area contributed by atoms with Crippen molar-refractivity contribution in [1.29, 1.82) is 0 Å². The largest absolute Gasteiger partial charge is 0.461 e. The first-order chi connectivity index (χ1) is 6.16. The molecule has 0 fully saturated rings. The van der Waals surface area contributed by atoms with Crippen LogP contribution in [0, 0.1) is 5.41 Å². The summed E-state index contributed by atoms with van der Waals surface area (Å²) < 4.78 is 4.59. The molecule has 0 aliphatic rings. The molecule has 0 atom stereocenters. The Kier molecular flexibility index (Phi) is 5.29. The zero-order valence-corrected chi connectivity index (χ0v) is 7.27. The number of carbonyl (C=O) groups is 1. The van der Waals surface area contributed by atoms with Crippen molar-refractivity contribution in [3.05, 3.63) is 12.7 Å². The van der Waals surface area contributed by atoms with E-state index < -0.39 is 31.2 Å². The van der Waals surface area contributed by atoms with Gasteiger partial charge in [-0.2, -0.15) is 0 Å². The van der Waals surface area contributed by atoms with Crippen molar-refractivity contribution in [3.8, 4) is 0 Å². The SMILES string of the molecule is C=CCOC(=O)C(CO)(CO)CO. The molecule has 3 N–H and O–H groups in total. The number of aliphatic hydroxyl groups excluding tert-OH is 3. The van der Waals surface area contributed by atoms with Gasteiger partial charge in [0.1, 0.15) is 12.0 Å². The lowest BCUT2D eigenvalue weighted by atomic mass is 9.91. The van der Waals surface area contributed by atoms with E-state index in [-0.39, 0.29) is 6.61 Å². The van der Waals surface area contributed by atoms with Gasteiger partial charge in [0.05, 0.1) is 19.8 Å². The van der Waals surface area contributed by atoms with E-state index in [2.05, 4.69) is 11.3 Å². The fraction of sp³-hybridized carbons (Fsp3) is 0.625. The Morgan fingerprint density at radius 3 is 2.08 bits per heavy atom. The number of aliphatic hydroxyl groups is 3. The Balaban J connectivity index is 4.34. The van der Waals surface area contributed by atoms with Crippen LogP contribution in [0.15, 0.2) is 12.7 Å². The summed E-state index contributed by atoms with van der Waals surface area (Å²) in [5.74, 6) is -0.833. The molecular formula is C8H14O5. The number of hydrogen-bond donors (Lipinski definition) is 3. The monoisotopic (exact) mass is 190 g/mol. The number of ether oxygens (including phenoxy) is 1. The van der Waals surface area contributed by atoms with Crippen LogP contribution < -0.4 is 0 Å². The fourth-order valence-electron chi connectivity index (χ4n) is 0.631. The van der Waals surface area contributed by atoms with E-state index in [0.29, 0.717) is 0 Å². The molecule has 5 nitrogen and oxygen atoms in total. The number of rotatable bonds is 6. The van der Waals surface area contributed by atoms with Crippen molar-refractivity contribution in [2.45, 2.75) is 0 Å². The highest BCUT2D eigenvalue weighted by molar-refractivity contribution is 5.77. The molecule has 0 aromatic rings. The van der Waals surface area contributed by atoms with Crippen LogP contribution in [0.5, 0.6) is 0 Å². The van der Waals surface area contributed by atoms with Gasteiger partial charge in [0, 0.05) is 0 Å². The second-order valence-corrected chi connectivity index (χ2v) is 2.64. The van der Waals surface area contributed by atoms with Crippen LogP contribution in [-0.4, -0.2) is 47.7 Å². The second-order valence-electron chi connectivity index (χ2n) is 2.64. The summed E-state index contributed by atoms with van der Waals surface area (Å²) in [5.41, 5.74) is -1.61. The highest BCUT2D eigenvalue weighted by Gasteiger charge is 2.38. The van der Waals surface area contributed by atoms with Crippen LogP contribution in [-0.2, 0) is 9.53 Å². The molecule has 0 aromatic heterocycles. The predicted octanol–water partition coefficient (Wildman–Crippen LogP) is -1.32. The van der Waals surface area contributed by atoms with E-state index in [0.717, 1.165) is 0 Å². The van der Waals surface area contributed by atoms with Crippen molar-refractivity contribution in [3.63, 3.8) is 0 Å². The molecule has 0 heterocycles. The lowest BCUT2D eigenvalue weighted by Gasteiger charge is -2.24. The zero-order valence-electron chi connectivity index (χ0n) is 7.27. The topological polar surface area (TPSA) is 87.0 Å². The molecule has 13 heavy (non-hydrogen) atoms. The van der Waals surface area contributed by atoms with Gasteiger partial charge in [-0.15, -0.1) is 0 Å². The molecule has 0 bridgehead atoms. The van der Waals surface area contributed by atoms with Crippen molar-refractivity contribution in [2.75, 3.05) is 26.4 Å². The first kappa shape index (κ1) is 12.1. The minimum Gasteiger partial charge on any atom is -0.461 e. The Morgan fingerprint density at radius 1 is 1.31 bits per heavy atom. The minimum atomic E-state index is -1.61. The molecule has 0 rings (SSSR count). The standard InChI is InChI=1S/C8H14O5/c1-2-3-13-7(12)8(4-9,5-10)6-11/h2,9-11H,1,3-6H2. The van der Waals surface area contributed by atoms with Gasteiger partial charge in [-0.05, 0) is 0 Å². The van der Waals surface area contributed by atoms with Gasteiger partial charge in [0.25, 0.3) is 0 Å². The molecular weight excluding hydrogens is 176 g/mol. The summed E-state index contributed by atoms with van der Waals surface area (Å²) in [7, 11) is 0. The summed E-state index contributed by atoms with van der Waals surface area (Å²) >= 11 is 0. The first-order valence-electron chi connectivity index (χ1n) is 3.77. The van der Waals surface area contributed by atoms with Gasteiger partial charge in [0.15, 0.2) is 0 Å². The minimum absolute atomic E-state index is 0.0133. The summed E-state index contributed by atoms with van der Waals surface area (Å²) in [5, 5.41) is 26.4. The third-order valence-corrected chi connectivity index (χ3v) is 1.67. The molecule has 0 radical (unpaired) electrons. The molecule has 0 spiro atoms. The quantitative estimate of drug-likeness (QED) is 0.357. The van der Waals surface area contributed by atoms with E-state index in [9.17, 15) is 4.79 Å². The molecule has 0 aliphatic carbocycles. The van der Waals surface area contributed by atoms with Gasteiger partial charge in [-0.3, -0.25) is 4.79 Å². The van der Waals surface area contributed by atoms with Gasteiger partial charge in [0.2, 0.25) is 0 Å². The van der Waals surface area contributed by atoms with Gasteiger partial charge in [-0.1, -0.05) is 12.7 Å². The normalized spacial score (nSPS) is 11.0. The van der Waals surface area contributed by atoms with Gasteiger partial charge in [-0.25, -0.2) is 0 Å². The van der Waals surface area contributed by atoms with Crippen molar-refractivity contribution in [2.24, 2.45) is 5.41 Å². The molecule has 5 heteroatoms. The third kappa shape index (κ3) is 2.80. The van der Waals surface area contributed by atoms with E-state index in [1.807, 2.05) is 0 Å². The van der Waals surface area contributed by atoms with Crippen LogP contribution in [0.1, 0.15) is 0 Å². The van der Waals surface area contributed by atoms with Gasteiger partial charge >= 0.3 is 5.97 Å². The molecule has 76 valence electrons. The molecule has 0 amide bonds. The maximum atomic E-state index is 11.2. The summed E-state index contributed by atoms with van der Waals surface area (Å²) in [6.07, 6.45) is 1.36. The molecule has 0 aromatic carbocycles. The number of hydrogen-bond acceptors (Lipinski definition) is 5. The Labute approximate surface area is 76.3 Å². The second kappa shape index (κ2) is 5.69. The maximum Gasteiger partial charge on any atom is 0.319 e. The lowest BCUT2D eigenvalue weighted by Crippen LogP contribution is -2.43. The van der Waals surface area contributed by atoms with Crippen LogP contribution in [0.3, 0.4) is 0 Å². The Hall–Kier alpha value is -0.910. The van der Waals surface area contributed by atoms with E-state index >= 15 is 0 Å². The van der Waals surface area contributed by atoms with Crippen LogP contribution >= 0.6 is 0 Å². The number of carbonyl (C=O) groups excluding carboxylic acids is 1. The molecule has 0 aliphatic heterocycles. The van der Waals surface area contributed by atoms with Crippen molar-refractivity contribution >= 4 is 5.97 Å². The molecule has 0 unspecified atom stereocenters. The first-order valence-corrected chi connectivity index (χ1v) is 3.77. The highest BCUT2D eigenvalue weighted by Crippen LogP contribution is 2.16. The van der Waals surface area contributed by atoms with Crippen molar-refractivity contribution in [1.82, 2.24) is 0 Å². The summed E-state index contributed by atoms with van der Waals surface area (Å²) in [4.78, 5) is 11.2. The smallest absolute Gasteiger partial charge is 0.319 e. The third-order valence-electron chi connectivity index (χ3n) is 1.67. The summed E-state index contributed by atoms with van der Waals surface area (Å²) in [6.45, 7) is 1.34. The molecule has 0 saturated carbocycles. The van der Waals surface area contributed by atoms with Crippen LogP contribution in [0.25, 0.3) is 0 Å². The van der Waals surface area contributed by atoms with Crippen LogP contribution in [0.2, 0.25) is 0 Å². The Bertz CT molecular complexity index is 165. The van der Waals surface area contributed by atoms with E-state index in [1.54, 1.807) is 0 Å². The average Bonchev–Trinajstić information content (AvgIpc) is 2.18. The van der Waals surface area contributed by atoms with Crippen LogP contribution in [0.4, 0.5) is 0 Å². The lowest BCUT2D eigenvalue weighted by molar-refractivity contribution is -0.163. The van der Waals surface area contributed by atoms with E-state index in [1.165, 1.54) is 6.08 Å². The molecule has 0 saturated heterocycles. The zero-order chi connectivity index (χ0) is 10.3. The summed E-state index contributed by atoms with van der Waals surface area (Å²) in [6, 6.07) is 0. The maximum absolute atomic E-state index is 11.2. The van der Waals surface area contributed by atoms with Crippen molar-refractivity contribution < 1.29 is 24.9 Å². The average molecular weight is 190 g/mol. The predicted molar refractivity (Wildman–Crippen MR) is 44.8 cm³/mol. The fourth-order valence-corrected chi connectivity index (χ4v) is 0.631.